The molecule has 7 heteroatoms. The number of carbonyl (C=O) groups excluding carboxylic acids is 2. The molecule has 3 amide bonds. The molecule has 1 aromatic heterocycles. The number of hydrogen-bond donors (Lipinski definition) is 3. The maximum absolute atomic E-state index is 11.9. The molecule has 22 heavy (non-hydrogen) atoms. The van der Waals surface area contributed by atoms with Crippen LogP contribution in [0.15, 0.2) is 18.3 Å². The summed E-state index contributed by atoms with van der Waals surface area (Å²) in [6, 6.07) is 2.79. The summed E-state index contributed by atoms with van der Waals surface area (Å²) in [6.45, 7) is 3.36. The summed E-state index contributed by atoms with van der Waals surface area (Å²) in [7, 11) is 0. The smallest absolute Gasteiger partial charge is 0.315 e. The van der Waals surface area contributed by atoms with Gasteiger partial charge >= 0.3 is 6.03 Å². The molecule has 0 saturated carbocycles. The van der Waals surface area contributed by atoms with Crippen LogP contribution in [-0.2, 0) is 11.3 Å². The topological polar surface area (TPSA) is 92.3 Å². The minimum absolute atomic E-state index is 0.121. The third-order valence-corrected chi connectivity index (χ3v) is 3.41. The summed E-state index contributed by atoms with van der Waals surface area (Å²) in [5, 5.41) is 8.23. The van der Waals surface area contributed by atoms with Gasteiger partial charge in [0.1, 0.15) is 6.04 Å². The largest absolute Gasteiger partial charge is 0.478 e. The van der Waals surface area contributed by atoms with Crippen LogP contribution in [0.3, 0.4) is 0 Å². The van der Waals surface area contributed by atoms with Crippen LogP contribution in [0.25, 0.3) is 0 Å². The van der Waals surface area contributed by atoms with Gasteiger partial charge in [-0.15, -0.1) is 0 Å². The molecule has 0 bridgehead atoms. The lowest BCUT2D eigenvalue weighted by Crippen LogP contribution is -2.48. The zero-order valence-corrected chi connectivity index (χ0v) is 12.7. The van der Waals surface area contributed by atoms with Gasteiger partial charge in [-0.3, -0.25) is 4.79 Å². The number of aromatic nitrogens is 1. The molecule has 1 aromatic rings. The summed E-state index contributed by atoms with van der Waals surface area (Å²) in [5.74, 6) is 0.390. The highest BCUT2D eigenvalue weighted by molar-refractivity contribution is 5.87. The van der Waals surface area contributed by atoms with E-state index < -0.39 is 6.04 Å². The predicted octanol–water partition coefficient (Wildman–Crippen LogP) is 0.948. The van der Waals surface area contributed by atoms with Crippen LogP contribution >= 0.6 is 0 Å². The Balaban J connectivity index is 1.86. The Bertz CT molecular complexity index is 521. The molecule has 120 valence electrons. The van der Waals surface area contributed by atoms with Gasteiger partial charge in [-0.1, -0.05) is 6.07 Å². The lowest BCUT2D eigenvalue weighted by molar-refractivity contribution is -0.122. The van der Waals surface area contributed by atoms with E-state index in [4.69, 9.17) is 4.74 Å². The number of rotatable bonds is 5. The number of ether oxygens (including phenoxy) is 1. The summed E-state index contributed by atoms with van der Waals surface area (Å²) in [6.07, 6.45) is 4.17. The van der Waals surface area contributed by atoms with Gasteiger partial charge in [0.15, 0.2) is 0 Å². The molecule has 0 spiro atoms. The van der Waals surface area contributed by atoms with Crippen molar-refractivity contribution in [3.63, 3.8) is 0 Å². The average Bonchev–Trinajstić information content (AvgIpc) is 2.72. The monoisotopic (exact) mass is 306 g/mol. The molecule has 1 aliphatic rings. The Kier molecular flexibility index (Phi) is 6.00. The van der Waals surface area contributed by atoms with Crippen LogP contribution in [-0.4, -0.2) is 36.1 Å². The number of nitrogens with one attached hydrogen (secondary N) is 3. The van der Waals surface area contributed by atoms with E-state index in [9.17, 15) is 9.59 Å². The molecule has 1 atom stereocenters. The lowest BCUT2D eigenvalue weighted by atomic mass is 10.1. The summed E-state index contributed by atoms with van der Waals surface area (Å²) < 4.78 is 5.41. The Labute approximate surface area is 129 Å². The third kappa shape index (κ3) is 4.61. The van der Waals surface area contributed by atoms with E-state index in [0.717, 1.165) is 18.4 Å². The van der Waals surface area contributed by atoms with Crippen molar-refractivity contribution in [1.29, 1.82) is 0 Å². The SMILES string of the molecule is CCOc1ncccc1CNC(=O)N[C@@H]1CCCCNC1=O. The minimum atomic E-state index is -0.470. The lowest BCUT2D eigenvalue weighted by Gasteiger charge is -2.16. The van der Waals surface area contributed by atoms with E-state index in [0.29, 0.717) is 32.0 Å². The molecule has 7 nitrogen and oxygen atoms in total. The molecule has 2 rings (SSSR count). The quantitative estimate of drug-likeness (QED) is 0.755. The third-order valence-electron chi connectivity index (χ3n) is 3.41. The molecule has 1 fully saturated rings. The molecule has 1 saturated heterocycles. The zero-order valence-electron chi connectivity index (χ0n) is 12.7. The van der Waals surface area contributed by atoms with Gasteiger partial charge in [-0.05, 0) is 32.3 Å². The first-order valence-corrected chi connectivity index (χ1v) is 7.59. The van der Waals surface area contributed by atoms with Crippen LogP contribution in [0.2, 0.25) is 0 Å². The fourth-order valence-corrected chi connectivity index (χ4v) is 2.29. The fourth-order valence-electron chi connectivity index (χ4n) is 2.29. The Morgan fingerprint density at radius 2 is 2.36 bits per heavy atom. The molecule has 0 unspecified atom stereocenters. The molecule has 0 aromatic carbocycles. The van der Waals surface area contributed by atoms with Crippen molar-refractivity contribution < 1.29 is 14.3 Å². The van der Waals surface area contributed by atoms with Gasteiger partial charge < -0.3 is 20.7 Å². The number of hydrogen-bond acceptors (Lipinski definition) is 4. The maximum atomic E-state index is 11.9. The number of urea groups is 1. The molecule has 0 aliphatic carbocycles. The van der Waals surface area contributed by atoms with Gasteiger partial charge in [-0.2, -0.15) is 0 Å². The van der Waals surface area contributed by atoms with Gasteiger partial charge in [0.2, 0.25) is 11.8 Å². The number of amides is 3. The van der Waals surface area contributed by atoms with Crippen LogP contribution in [0.4, 0.5) is 4.79 Å². The Morgan fingerprint density at radius 3 is 3.18 bits per heavy atom. The summed E-state index contributed by atoms with van der Waals surface area (Å²) in [4.78, 5) is 27.9. The van der Waals surface area contributed by atoms with E-state index in [1.807, 2.05) is 13.0 Å². The molecule has 2 heterocycles. The second-order valence-electron chi connectivity index (χ2n) is 5.07. The fraction of sp³-hybridized carbons (Fsp3) is 0.533. The zero-order chi connectivity index (χ0) is 15.8. The van der Waals surface area contributed by atoms with Gasteiger partial charge in [0.05, 0.1) is 6.61 Å². The Hall–Kier alpha value is -2.31. The van der Waals surface area contributed by atoms with Crippen molar-refractivity contribution in [2.24, 2.45) is 0 Å². The second kappa shape index (κ2) is 8.21. The first kappa shape index (κ1) is 16.1. The van der Waals surface area contributed by atoms with Crippen molar-refractivity contribution in [3.8, 4) is 5.88 Å². The van der Waals surface area contributed by atoms with E-state index in [-0.39, 0.29) is 11.9 Å². The molecule has 0 radical (unpaired) electrons. The van der Waals surface area contributed by atoms with E-state index in [2.05, 4.69) is 20.9 Å². The van der Waals surface area contributed by atoms with Gasteiger partial charge in [-0.25, -0.2) is 9.78 Å². The van der Waals surface area contributed by atoms with Crippen molar-refractivity contribution in [2.75, 3.05) is 13.2 Å². The summed E-state index contributed by atoms with van der Waals surface area (Å²) >= 11 is 0. The van der Waals surface area contributed by atoms with Crippen LogP contribution in [0.5, 0.6) is 5.88 Å². The Morgan fingerprint density at radius 1 is 1.50 bits per heavy atom. The number of carbonyl (C=O) groups is 2. The standard InChI is InChI=1S/C15H22N4O3/c1-2-22-14-11(6-5-9-17-14)10-18-15(21)19-12-7-3-4-8-16-13(12)20/h5-6,9,12H,2-4,7-8,10H2,1H3,(H,16,20)(H2,18,19,21)/t12-/m1/s1. The number of pyridine rings is 1. The highest BCUT2D eigenvalue weighted by Gasteiger charge is 2.22. The van der Waals surface area contributed by atoms with E-state index in [1.54, 1.807) is 12.3 Å². The second-order valence-corrected chi connectivity index (χ2v) is 5.07. The van der Waals surface area contributed by atoms with Crippen molar-refractivity contribution in [2.45, 2.75) is 38.8 Å². The van der Waals surface area contributed by atoms with E-state index in [1.165, 1.54) is 0 Å². The highest BCUT2D eigenvalue weighted by atomic mass is 16.5. The van der Waals surface area contributed by atoms with Crippen molar-refractivity contribution >= 4 is 11.9 Å². The maximum Gasteiger partial charge on any atom is 0.315 e. The summed E-state index contributed by atoms with van der Waals surface area (Å²) in [5.41, 5.74) is 0.796. The predicted molar refractivity (Wildman–Crippen MR) is 81.4 cm³/mol. The molecule has 1 aliphatic heterocycles. The normalized spacial score (nSPS) is 18.0. The molecular weight excluding hydrogens is 284 g/mol. The average molecular weight is 306 g/mol. The minimum Gasteiger partial charge on any atom is -0.478 e. The van der Waals surface area contributed by atoms with Crippen LogP contribution in [0, 0.1) is 0 Å². The highest BCUT2D eigenvalue weighted by Crippen LogP contribution is 2.13. The van der Waals surface area contributed by atoms with Crippen molar-refractivity contribution in [3.05, 3.63) is 23.9 Å². The molecular formula is C15H22N4O3. The molecule has 3 N–H and O–H groups in total. The van der Waals surface area contributed by atoms with Gasteiger partial charge in [0, 0.05) is 24.8 Å². The van der Waals surface area contributed by atoms with Crippen molar-refractivity contribution in [1.82, 2.24) is 20.9 Å². The van der Waals surface area contributed by atoms with E-state index >= 15 is 0 Å². The first-order chi connectivity index (χ1) is 10.7. The number of nitrogens with zero attached hydrogens (tertiary/aromatic N) is 1. The van der Waals surface area contributed by atoms with Gasteiger partial charge in [0.25, 0.3) is 0 Å². The first-order valence-electron chi connectivity index (χ1n) is 7.59. The van der Waals surface area contributed by atoms with Crippen LogP contribution < -0.4 is 20.7 Å². The van der Waals surface area contributed by atoms with Crippen LogP contribution in [0.1, 0.15) is 31.7 Å².